The molecule has 1 aromatic carbocycles. The summed E-state index contributed by atoms with van der Waals surface area (Å²) >= 11 is 0. The van der Waals surface area contributed by atoms with Crippen LogP contribution in [0.2, 0.25) is 0 Å². The predicted octanol–water partition coefficient (Wildman–Crippen LogP) is 4.25. The predicted molar refractivity (Wildman–Crippen MR) is 87.4 cm³/mol. The number of rotatable bonds is 4. The van der Waals surface area contributed by atoms with E-state index in [0.717, 1.165) is 18.4 Å². The van der Waals surface area contributed by atoms with Gasteiger partial charge in [-0.05, 0) is 29.7 Å². The van der Waals surface area contributed by atoms with E-state index in [1.807, 2.05) is 24.3 Å². The number of furan rings is 1. The molecule has 0 atom stereocenters. The van der Waals surface area contributed by atoms with Gasteiger partial charge in [0.2, 0.25) is 5.88 Å². The molecule has 0 aliphatic rings. The van der Waals surface area contributed by atoms with Crippen molar-refractivity contribution in [3.05, 3.63) is 54.4 Å². The Morgan fingerprint density at radius 2 is 2.00 bits per heavy atom. The van der Waals surface area contributed by atoms with Gasteiger partial charge in [-0.25, -0.2) is 0 Å². The molecule has 0 fully saturated rings. The number of pyridine rings is 1. The summed E-state index contributed by atoms with van der Waals surface area (Å²) in [6.45, 7) is 2.14. The van der Waals surface area contributed by atoms with E-state index in [1.54, 1.807) is 18.5 Å². The van der Waals surface area contributed by atoms with Crippen LogP contribution in [0.4, 0.5) is 5.88 Å². The highest BCUT2D eigenvalue weighted by Gasteiger charge is 2.21. The Balaban J connectivity index is 2.09. The van der Waals surface area contributed by atoms with Gasteiger partial charge in [-0.2, -0.15) is 0 Å². The van der Waals surface area contributed by atoms with Gasteiger partial charge in [0.15, 0.2) is 11.5 Å². The summed E-state index contributed by atoms with van der Waals surface area (Å²) in [7, 11) is 0. The smallest absolute Gasteiger partial charge is 0.202 e. The minimum atomic E-state index is 0.0548. The van der Waals surface area contributed by atoms with E-state index in [2.05, 4.69) is 18.0 Å². The highest BCUT2D eigenvalue weighted by Crippen LogP contribution is 2.44. The summed E-state index contributed by atoms with van der Waals surface area (Å²) in [5, 5.41) is 10.5. The minimum Gasteiger partial charge on any atom is -0.504 e. The Hall–Kier alpha value is -2.75. The van der Waals surface area contributed by atoms with Crippen LogP contribution in [0.3, 0.4) is 0 Å². The van der Waals surface area contributed by atoms with E-state index in [1.165, 1.54) is 5.56 Å². The fourth-order valence-corrected chi connectivity index (χ4v) is 2.58. The minimum absolute atomic E-state index is 0.0548. The molecule has 0 saturated heterocycles. The number of hydrogen-bond acceptors (Lipinski definition) is 4. The van der Waals surface area contributed by atoms with Crippen molar-refractivity contribution in [1.29, 1.82) is 0 Å². The summed E-state index contributed by atoms with van der Waals surface area (Å²) in [5.41, 5.74) is 9.30. The van der Waals surface area contributed by atoms with Crippen LogP contribution >= 0.6 is 0 Å². The molecule has 0 saturated carbocycles. The van der Waals surface area contributed by atoms with Crippen molar-refractivity contribution in [2.24, 2.45) is 0 Å². The van der Waals surface area contributed by atoms with Crippen LogP contribution in [-0.2, 0) is 6.42 Å². The van der Waals surface area contributed by atoms with Crippen molar-refractivity contribution in [3.8, 4) is 28.2 Å². The normalized spacial score (nSPS) is 10.8. The highest BCUT2D eigenvalue weighted by atomic mass is 16.4. The third-order valence-electron chi connectivity index (χ3n) is 3.59. The molecule has 4 heteroatoms. The lowest BCUT2D eigenvalue weighted by molar-refractivity contribution is 0.467. The molecule has 112 valence electrons. The van der Waals surface area contributed by atoms with Gasteiger partial charge >= 0.3 is 0 Å². The number of benzene rings is 1. The molecule has 0 amide bonds. The number of aryl methyl sites for hydroxylation is 1. The second kappa shape index (κ2) is 5.93. The lowest BCUT2D eigenvalue weighted by Crippen LogP contribution is -1.88. The molecule has 0 aliphatic heterocycles. The quantitative estimate of drug-likeness (QED) is 0.754. The van der Waals surface area contributed by atoms with Crippen LogP contribution in [0.15, 0.2) is 53.2 Å². The zero-order chi connectivity index (χ0) is 15.5. The average Bonchev–Trinajstić information content (AvgIpc) is 2.84. The van der Waals surface area contributed by atoms with Gasteiger partial charge in [0.1, 0.15) is 0 Å². The molecular formula is C18H18N2O2. The van der Waals surface area contributed by atoms with Gasteiger partial charge in [-0.1, -0.05) is 37.6 Å². The lowest BCUT2D eigenvalue weighted by Gasteiger charge is -2.04. The maximum atomic E-state index is 10.5. The summed E-state index contributed by atoms with van der Waals surface area (Å²) < 4.78 is 5.57. The highest BCUT2D eigenvalue weighted by molar-refractivity contribution is 5.86. The summed E-state index contributed by atoms with van der Waals surface area (Å²) in [4.78, 5) is 4.04. The van der Waals surface area contributed by atoms with Crippen LogP contribution < -0.4 is 5.73 Å². The van der Waals surface area contributed by atoms with Gasteiger partial charge in [0.25, 0.3) is 0 Å². The number of aromatic hydroxyl groups is 1. The van der Waals surface area contributed by atoms with Crippen LogP contribution in [0.25, 0.3) is 22.5 Å². The molecule has 0 spiro atoms. The molecule has 0 bridgehead atoms. The van der Waals surface area contributed by atoms with Crippen LogP contribution in [0, 0.1) is 0 Å². The number of anilines is 1. The molecule has 3 rings (SSSR count). The van der Waals surface area contributed by atoms with Gasteiger partial charge in [-0.3, -0.25) is 4.98 Å². The zero-order valence-corrected chi connectivity index (χ0v) is 12.4. The molecule has 0 radical (unpaired) electrons. The van der Waals surface area contributed by atoms with Crippen molar-refractivity contribution in [3.63, 3.8) is 0 Å². The third kappa shape index (κ3) is 2.55. The van der Waals surface area contributed by atoms with Gasteiger partial charge < -0.3 is 15.3 Å². The summed E-state index contributed by atoms with van der Waals surface area (Å²) in [6, 6.07) is 11.6. The topological polar surface area (TPSA) is 72.3 Å². The van der Waals surface area contributed by atoms with Gasteiger partial charge in [0.05, 0.1) is 5.56 Å². The van der Waals surface area contributed by atoms with Crippen LogP contribution in [0.1, 0.15) is 18.9 Å². The Bertz CT molecular complexity index is 779. The Morgan fingerprint density at radius 1 is 1.18 bits per heavy atom. The first-order chi connectivity index (χ1) is 10.7. The fraction of sp³-hybridized carbons (Fsp3) is 0.167. The second-order valence-corrected chi connectivity index (χ2v) is 5.21. The Labute approximate surface area is 129 Å². The molecule has 2 aromatic heterocycles. The van der Waals surface area contributed by atoms with E-state index in [0.29, 0.717) is 16.9 Å². The molecule has 0 unspecified atom stereocenters. The van der Waals surface area contributed by atoms with E-state index in [9.17, 15) is 5.11 Å². The average molecular weight is 294 g/mol. The van der Waals surface area contributed by atoms with Gasteiger partial charge in [0, 0.05) is 18.0 Å². The van der Waals surface area contributed by atoms with Crippen molar-refractivity contribution in [2.75, 3.05) is 5.73 Å². The largest absolute Gasteiger partial charge is 0.504 e. The van der Waals surface area contributed by atoms with Crippen molar-refractivity contribution in [2.45, 2.75) is 19.8 Å². The first-order valence-electron chi connectivity index (χ1n) is 7.31. The fourth-order valence-electron chi connectivity index (χ4n) is 2.58. The first kappa shape index (κ1) is 14.2. The Kier molecular flexibility index (Phi) is 3.83. The van der Waals surface area contributed by atoms with Crippen molar-refractivity contribution >= 4 is 5.88 Å². The van der Waals surface area contributed by atoms with Crippen LogP contribution in [0.5, 0.6) is 5.75 Å². The molecular weight excluding hydrogens is 276 g/mol. The SMILES string of the molecule is CCCc1cccc(-c2c(N)oc(-c3cccnc3)c2O)c1. The van der Waals surface area contributed by atoms with E-state index < -0.39 is 0 Å². The number of aromatic nitrogens is 1. The molecule has 4 nitrogen and oxygen atoms in total. The number of nitrogens with zero attached hydrogens (tertiary/aromatic N) is 1. The van der Waals surface area contributed by atoms with Gasteiger partial charge in [-0.15, -0.1) is 0 Å². The standard InChI is InChI=1S/C18H18N2O2/c1-2-5-12-6-3-7-13(10-12)15-16(21)17(22-18(15)19)14-8-4-9-20-11-14/h3-4,6-11,21H,2,5,19H2,1H3. The van der Waals surface area contributed by atoms with Crippen molar-refractivity contribution < 1.29 is 9.52 Å². The maximum Gasteiger partial charge on any atom is 0.202 e. The lowest BCUT2D eigenvalue weighted by atomic mass is 10.0. The van der Waals surface area contributed by atoms with Crippen LogP contribution in [-0.4, -0.2) is 10.1 Å². The maximum absolute atomic E-state index is 10.5. The summed E-state index contributed by atoms with van der Waals surface area (Å²) in [6.07, 6.45) is 5.36. The zero-order valence-electron chi connectivity index (χ0n) is 12.4. The molecule has 0 aliphatic carbocycles. The summed E-state index contributed by atoms with van der Waals surface area (Å²) in [5.74, 6) is 0.616. The Morgan fingerprint density at radius 3 is 2.73 bits per heavy atom. The molecule has 2 heterocycles. The number of hydrogen-bond donors (Lipinski definition) is 2. The first-order valence-corrected chi connectivity index (χ1v) is 7.31. The van der Waals surface area contributed by atoms with Crippen molar-refractivity contribution in [1.82, 2.24) is 4.98 Å². The number of nitrogen functional groups attached to an aromatic ring is 1. The van der Waals surface area contributed by atoms with E-state index in [-0.39, 0.29) is 11.6 Å². The van der Waals surface area contributed by atoms with E-state index in [4.69, 9.17) is 10.2 Å². The third-order valence-corrected chi connectivity index (χ3v) is 3.59. The number of nitrogens with two attached hydrogens (primary N) is 1. The second-order valence-electron chi connectivity index (χ2n) is 5.21. The molecule has 3 aromatic rings. The monoisotopic (exact) mass is 294 g/mol. The molecule has 22 heavy (non-hydrogen) atoms. The van der Waals surface area contributed by atoms with E-state index >= 15 is 0 Å². The molecule has 3 N–H and O–H groups in total.